The summed E-state index contributed by atoms with van der Waals surface area (Å²) in [4.78, 5) is 14.2. The number of carbonyl (C=O) groups is 1. The molecule has 1 aromatic rings. The van der Waals surface area contributed by atoms with E-state index in [1.54, 1.807) is 0 Å². The molecule has 3 aliphatic heterocycles. The Labute approximate surface area is 150 Å². The fourth-order valence-corrected chi connectivity index (χ4v) is 6.31. The largest absolute Gasteiger partial charge is 0.481 e. The maximum Gasteiger partial charge on any atom is 0.308 e. The van der Waals surface area contributed by atoms with Gasteiger partial charge in [0, 0.05) is 48.1 Å². The number of hydrogen-bond donors (Lipinski definition) is 1. The molecule has 7 heteroatoms. The molecule has 3 heterocycles. The Morgan fingerprint density at radius 3 is 2.62 bits per heavy atom. The Morgan fingerprint density at radius 2 is 1.88 bits per heavy atom. The SMILES string of the molecule is O=C(O)[C@@H]1CN(C2CSCCSC2)C[C@H]1c1ccc2c(c1)OCO2. The highest BCUT2D eigenvalue weighted by Crippen LogP contribution is 2.40. The zero-order valence-corrected chi connectivity index (χ0v) is 15.0. The van der Waals surface area contributed by atoms with Crippen molar-refractivity contribution in [2.24, 2.45) is 5.92 Å². The quantitative estimate of drug-likeness (QED) is 0.880. The molecule has 2 fully saturated rings. The van der Waals surface area contributed by atoms with Crippen LogP contribution in [0.4, 0.5) is 0 Å². The molecular weight excluding hydrogens is 346 g/mol. The number of thioether (sulfide) groups is 2. The van der Waals surface area contributed by atoms with Gasteiger partial charge in [0.1, 0.15) is 0 Å². The molecule has 0 aromatic heterocycles. The average Bonchev–Trinajstić information content (AvgIpc) is 3.14. The fourth-order valence-electron chi connectivity index (χ4n) is 3.68. The van der Waals surface area contributed by atoms with E-state index in [1.807, 2.05) is 41.7 Å². The Kier molecular flexibility index (Phi) is 4.83. The molecule has 0 bridgehead atoms. The van der Waals surface area contributed by atoms with Gasteiger partial charge in [0.15, 0.2) is 11.5 Å². The van der Waals surface area contributed by atoms with Crippen LogP contribution in [0.25, 0.3) is 0 Å². The van der Waals surface area contributed by atoms with Gasteiger partial charge in [0.2, 0.25) is 6.79 Å². The molecule has 3 aliphatic rings. The van der Waals surface area contributed by atoms with E-state index in [-0.39, 0.29) is 18.6 Å². The fraction of sp³-hybridized carbons (Fsp3) is 0.588. The van der Waals surface area contributed by atoms with E-state index < -0.39 is 5.97 Å². The number of benzene rings is 1. The van der Waals surface area contributed by atoms with Gasteiger partial charge in [-0.3, -0.25) is 9.69 Å². The summed E-state index contributed by atoms with van der Waals surface area (Å²) in [7, 11) is 0. The zero-order valence-electron chi connectivity index (χ0n) is 13.3. The average molecular weight is 367 g/mol. The van der Waals surface area contributed by atoms with Crippen LogP contribution in [0.2, 0.25) is 0 Å². The van der Waals surface area contributed by atoms with Gasteiger partial charge in [-0.1, -0.05) is 6.07 Å². The lowest BCUT2D eigenvalue weighted by Crippen LogP contribution is -2.37. The number of likely N-dealkylation sites (tertiary alicyclic amines) is 1. The molecule has 0 aliphatic carbocycles. The third kappa shape index (κ3) is 3.21. The number of rotatable bonds is 3. The number of carboxylic acid groups (broad SMARTS) is 1. The summed E-state index contributed by atoms with van der Waals surface area (Å²) in [5.74, 6) is 5.03. The van der Waals surface area contributed by atoms with E-state index in [0.717, 1.165) is 35.1 Å². The molecule has 130 valence electrons. The van der Waals surface area contributed by atoms with Gasteiger partial charge in [-0.15, -0.1) is 0 Å². The first kappa shape index (κ1) is 16.4. The van der Waals surface area contributed by atoms with Crippen molar-refractivity contribution in [1.82, 2.24) is 4.90 Å². The first-order valence-corrected chi connectivity index (χ1v) is 10.5. The Morgan fingerprint density at radius 1 is 1.12 bits per heavy atom. The number of aliphatic carboxylic acids is 1. The van der Waals surface area contributed by atoms with Crippen molar-refractivity contribution >= 4 is 29.5 Å². The predicted octanol–water partition coefficient (Wildman–Crippen LogP) is 2.36. The van der Waals surface area contributed by atoms with Crippen LogP contribution in [0.3, 0.4) is 0 Å². The second-order valence-electron chi connectivity index (χ2n) is 6.42. The van der Waals surface area contributed by atoms with E-state index >= 15 is 0 Å². The van der Waals surface area contributed by atoms with Crippen LogP contribution in [0.15, 0.2) is 18.2 Å². The van der Waals surface area contributed by atoms with Crippen LogP contribution in [0.1, 0.15) is 11.5 Å². The van der Waals surface area contributed by atoms with Crippen LogP contribution >= 0.6 is 23.5 Å². The summed E-state index contributed by atoms with van der Waals surface area (Å²) in [6, 6.07) is 6.33. The number of nitrogens with zero attached hydrogens (tertiary/aromatic N) is 1. The lowest BCUT2D eigenvalue weighted by molar-refractivity contribution is -0.141. The van der Waals surface area contributed by atoms with Crippen molar-refractivity contribution in [2.45, 2.75) is 12.0 Å². The monoisotopic (exact) mass is 367 g/mol. The van der Waals surface area contributed by atoms with Crippen LogP contribution < -0.4 is 9.47 Å². The molecule has 0 amide bonds. The standard InChI is InChI=1S/C17H21NO4S2/c19-17(20)14-7-18(12-8-23-3-4-24-9-12)6-13(14)11-1-2-15-16(5-11)22-10-21-15/h1-2,5,12-14H,3-4,6-10H2,(H,19,20)/t13-,14+/m0/s1. The molecule has 2 atom stereocenters. The van der Waals surface area contributed by atoms with Gasteiger partial charge in [-0.2, -0.15) is 23.5 Å². The lowest BCUT2D eigenvalue weighted by Gasteiger charge is -2.26. The minimum absolute atomic E-state index is 0.00949. The maximum atomic E-state index is 11.8. The molecule has 0 unspecified atom stereocenters. The molecule has 2 saturated heterocycles. The summed E-state index contributed by atoms with van der Waals surface area (Å²) < 4.78 is 10.8. The van der Waals surface area contributed by atoms with Crippen molar-refractivity contribution in [2.75, 3.05) is 42.9 Å². The molecule has 1 N–H and O–H groups in total. The summed E-state index contributed by atoms with van der Waals surface area (Å²) in [6.45, 7) is 1.69. The lowest BCUT2D eigenvalue weighted by atomic mass is 9.89. The van der Waals surface area contributed by atoms with Crippen LogP contribution in [0, 0.1) is 5.92 Å². The molecule has 0 spiro atoms. The molecule has 1 aromatic carbocycles. The number of ether oxygens (including phenoxy) is 2. The molecular formula is C17H21NO4S2. The third-order valence-electron chi connectivity index (χ3n) is 5.00. The maximum absolute atomic E-state index is 11.8. The van der Waals surface area contributed by atoms with Gasteiger partial charge in [0.05, 0.1) is 5.92 Å². The van der Waals surface area contributed by atoms with Crippen molar-refractivity contribution in [3.63, 3.8) is 0 Å². The summed E-state index contributed by atoms with van der Waals surface area (Å²) in [6.07, 6.45) is 0. The third-order valence-corrected chi connectivity index (χ3v) is 7.48. The normalized spacial score (nSPS) is 28.0. The Bertz CT molecular complexity index is 619. The first-order chi connectivity index (χ1) is 11.7. The van der Waals surface area contributed by atoms with Gasteiger partial charge in [-0.25, -0.2) is 0 Å². The van der Waals surface area contributed by atoms with E-state index in [4.69, 9.17) is 9.47 Å². The molecule has 0 saturated carbocycles. The van der Waals surface area contributed by atoms with Gasteiger partial charge < -0.3 is 14.6 Å². The van der Waals surface area contributed by atoms with Crippen molar-refractivity contribution in [3.05, 3.63) is 23.8 Å². The van der Waals surface area contributed by atoms with Gasteiger partial charge >= 0.3 is 5.97 Å². The highest BCUT2D eigenvalue weighted by atomic mass is 32.2. The highest BCUT2D eigenvalue weighted by molar-refractivity contribution is 8.03. The molecule has 24 heavy (non-hydrogen) atoms. The van der Waals surface area contributed by atoms with Crippen molar-refractivity contribution in [1.29, 1.82) is 0 Å². The molecule has 4 rings (SSSR count). The minimum atomic E-state index is -0.700. The topological polar surface area (TPSA) is 59.0 Å². The van der Waals surface area contributed by atoms with Crippen LogP contribution in [-0.4, -0.2) is 64.9 Å². The van der Waals surface area contributed by atoms with E-state index in [9.17, 15) is 9.90 Å². The zero-order chi connectivity index (χ0) is 16.5. The first-order valence-electron chi connectivity index (χ1n) is 8.24. The van der Waals surface area contributed by atoms with Crippen molar-refractivity contribution < 1.29 is 19.4 Å². The minimum Gasteiger partial charge on any atom is -0.481 e. The highest BCUT2D eigenvalue weighted by Gasteiger charge is 2.41. The van der Waals surface area contributed by atoms with Crippen LogP contribution in [-0.2, 0) is 4.79 Å². The van der Waals surface area contributed by atoms with E-state index in [0.29, 0.717) is 12.6 Å². The van der Waals surface area contributed by atoms with Gasteiger partial charge in [0.25, 0.3) is 0 Å². The molecule has 5 nitrogen and oxygen atoms in total. The number of hydrogen-bond acceptors (Lipinski definition) is 6. The smallest absolute Gasteiger partial charge is 0.308 e. The number of carboxylic acids is 1. The second kappa shape index (κ2) is 7.06. The number of fused-ring (bicyclic) bond motifs is 1. The van der Waals surface area contributed by atoms with E-state index in [2.05, 4.69) is 4.90 Å². The van der Waals surface area contributed by atoms with Gasteiger partial charge in [-0.05, 0) is 17.7 Å². The second-order valence-corrected chi connectivity index (χ2v) is 8.72. The molecule has 0 radical (unpaired) electrons. The van der Waals surface area contributed by atoms with Crippen molar-refractivity contribution in [3.8, 4) is 11.5 Å². The van der Waals surface area contributed by atoms with Crippen LogP contribution in [0.5, 0.6) is 11.5 Å². The summed E-state index contributed by atoms with van der Waals surface area (Å²) in [5, 5.41) is 9.72. The Hall–Kier alpha value is -1.05. The summed E-state index contributed by atoms with van der Waals surface area (Å²) >= 11 is 3.97. The Balaban J connectivity index is 1.55. The predicted molar refractivity (Wildman–Crippen MR) is 96.4 cm³/mol. The summed E-state index contributed by atoms with van der Waals surface area (Å²) in [5.41, 5.74) is 1.04. The van der Waals surface area contributed by atoms with E-state index in [1.165, 1.54) is 11.5 Å².